The van der Waals surface area contributed by atoms with Gasteiger partial charge in [-0.25, -0.2) is 0 Å². The summed E-state index contributed by atoms with van der Waals surface area (Å²) in [5, 5.41) is 6.23. The summed E-state index contributed by atoms with van der Waals surface area (Å²) in [4.78, 5) is 41.8. The minimum absolute atomic E-state index is 0.201. The average molecular weight is 489 g/mol. The van der Waals surface area contributed by atoms with Crippen LogP contribution in [-0.4, -0.2) is 47.9 Å². The first-order valence-electron chi connectivity index (χ1n) is 12.4. The van der Waals surface area contributed by atoms with Crippen molar-refractivity contribution in [2.45, 2.75) is 62.8 Å². The summed E-state index contributed by atoms with van der Waals surface area (Å²) in [6, 6.07) is 12.9. The lowest BCUT2D eigenvalue weighted by Gasteiger charge is -2.47. The molecule has 0 bridgehead atoms. The number of rotatable bonds is 3. The SMILES string of the molecule is COc1ccc([C@H]2[C@H](C(C)=O)N3N=Cc4ccccc4[C@@H]3C23C(=O)OC2(CCCCC2)OC3=O)cc1. The van der Waals surface area contributed by atoms with Gasteiger partial charge < -0.3 is 14.2 Å². The fourth-order valence-corrected chi connectivity index (χ4v) is 6.53. The van der Waals surface area contributed by atoms with Crippen molar-refractivity contribution in [3.8, 4) is 5.75 Å². The van der Waals surface area contributed by atoms with E-state index >= 15 is 0 Å². The molecule has 3 fully saturated rings. The van der Waals surface area contributed by atoms with Gasteiger partial charge in [-0.05, 0) is 48.6 Å². The molecule has 2 saturated heterocycles. The Morgan fingerprint density at radius 2 is 1.67 bits per heavy atom. The van der Waals surface area contributed by atoms with Crippen LogP contribution in [0.25, 0.3) is 0 Å². The molecular formula is C28H28N2O6. The van der Waals surface area contributed by atoms with Gasteiger partial charge in [0.1, 0.15) is 17.8 Å². The van der Waals surface area contributed by atoms with Crippen molar-refractivity contribution in [1.29, 1.82) is 0 Å². The minimum atomic E-state index is -1.80. The van der Waals surface area contributed by atoms with Crippen molar-refractivity contribution in [2.24, 2.45) is 10.5 Å². The van der Waals surface area contributed by atoms with Crippen LogP contribution in [0, 0.1) is 5.41 Å². The molecule has 6 rings (SSSR count). The quantitative estimate of drug-likeness (QED) is 0.478. The van der Waals surface area contributed by atoms with Crippen molar-refractivity contribution in [1.82, 2.24) is 5.01 Å². The third kappa shape index (κ3) is 3.06. The number of hydrogen-bond acceptors (Lipinski definition) is 8. The highest BCUT2D eigenvalue weighted by Gasteiger charge is 2.75. The lowest BCUT2D eigenvalue weighted by atomic mass is 9.65. The summed E-state index contributed by atoms with van der Waals surface area (Å²) in [5.74, 6) is -2.97. The number of benzene rings is 2. The third-order valence-electron chi connectivity index (χ3n) is 8.15. The van der Waals surface area contributed by atoms with Crippen LogP contribution in [0.15, 0.2) is 53.6 Å². The number of carbonyl (C=O) groups excluding carboxylic acids is 3. The number of esters is 2. The number of ether oxygens (including phenoxy) is 3. The van der Waals surface area contributed by atoms with Crippen LogP contribution >= 0.6 is 0 Å². The highest BCUT2D eigenvalue weighted by atomic mass is 16.7. The first kappa shape index (κ1) is 22.8. The Morgan fingerprint density at radius 3 is 2.31 bits per heavy atom. The molecule has 0 amide bonds. The van der Waals surface area contributed by atoms with Gasteiger partial charge in [0, 0.05) is 18.8 Å². The van der Waals surface area contributed by atoms with E-state index in [2.05, 4.69) is 5.10 Å². The third-order valence-corrected chi connectivity index (χ3v) is 8.15. The molecule has 0 radical (unpaired) electrons. The van der Waals surface area contributed by atoms with Gasteiger partial charge in [0.15, 0.2) is 5.78 Å². The van der Waals surface area contributed by atoms with Crippen LogP contribution in [0.3, 0.4) is 0 Å². The van der Waals surface area contributed by atoms with E-state index in [1.165, 1.54) is 6.92 Å². The second-order valence-electron chi connectivity index (χ2n) is 10.1. The Bertz CT molecular complexity index is 1240. The molecule has 2 spiro atoms. The molecular weight excluding hydrogens is 460 g/mol. The molecule has 0 N–H and O–H groups in total. The zero-order chi connectivity index (χ0) is 25.1. The molecule has 2 aromatic carbocycles. The Kier molecular flexibility index (Phi) is 5.17. The van der Waals surface area contributed by atoms with Gasteiger partial charge in [-0.1, -0.05) is 42.8 Å². The van der Waals surface area contributed by atoms with Crippen molar-refractivity contribution in [3.63, 3.8) is 0 Å². The molecule has 4 aliphatic rings. The molecule has 0 unspecified atom stereocenters. The lowest BCUT2D eigenvalue weighted by molar-refractivity contribution is -0.273. The fraction of sp³-hybridized carbons (Fsp3) is 0.429. The molecule has 186 valence electrons. The largest absolute Gasteiger partial charge is 0.497 e. The molecule has 1 aliphatic carbocycles. The van der Waals surface area contributed by atoms with E-state index in [9.17, 15) is 14.4 Å². The predicted molar refractivity (Wildman–Crippen MR) is 129 cm³/mol. The summed E-state index contributed by atoms with van der Waals surface area (Å²) in [6.45, 7) is 1.47. The molecule has 0 aromatic heterocycles. The molecule has 8 nitrogen and oxygen atoms in total. The van der Waals surface area contributed by atoms with E-state index in [-0.39, 0.29) is 5.78 Å². The number of nitrogens with zero attached hydrogens (tertiary/aromatic N) is 2. The highest BCUT2D eigenvalue weighted by molar-refractivity contribution is 6.07. The maximum Gasteiger partial charge on any atom is 0.330 e. The van der Waals surface area contributed by atoms with Gasteiger partial charge in [0.05, 0.1) is 13.3 Å². The van der Waals surface area contributed by atoms with Crippen molar-refractivity contribution in [2.75, 3.05) is 7.11 Å². The summed E-state index contributed by atoms with van der Waals surface area (Å²) < 4.78 is 17.5. The number of ketones is 1. The first-order valence-corrected chi connectivity index (χ1v) is 12.4. The second-order valence-corrected chi connectivity index (χ2v) is 10.1. The smallest absolute Gasteiger partial charge is 0.330 e. The Balaban J connectivity index is 1.58. The van der Waals surface area contributed by atoms with Crippen LogP contribution in [-0.2, 0) is 23.9 Å². The molecule has 3 aliphatic heterocycles. The van der Waals surface area contributed by atoms with E-state index in [0.717, 1.165) is 30.4 Å². The number of fused-ring (bicyclic) bond motifs is 4. The van der Waals surface area contributed by atoms with Crippen LogP contribution < -0.4 is 4.74 Å². The van der Waals surface area contributed by atoms with Gasteiger partial charge in [-0.2, -0.15) is 5.10 Å². The van der Waals surface area contributed by atoms with Crippen LogP contribution in [0.4, 0.5) is 0 Å². The predicted octanol–water partition coefficient (Wildman–Crippen LogP) is 3.89. The van der Waals surface area contributed by atoms with Crippen molar-refractivity contribution in [3.05, 3.63) is 65.2 Å². The Morgan fingerprint density at radius 1 is 1.00 bits per heavy atom. The van der Waals surface area contributed by atoms with E-state index in [1.54, 1.807) is 42.6 Å². The molecule has 1 saturated carbocycles. The maximum atomic E-state index is 14.3. The van der Waals surface area contributed by atoms with E-state index in [0.29, 0.717) is 24.2 Å². The molecule has 8 heteroatoms. The fourth-order valence-electron chi connectivity index (χ4n) is 6.53. The molecule has 3 heterocycles. The normalized spacial score (nSPS) is 27.3. The lowest BCUT2D eigenvalue weighted by Crippen LogP contribution is -2.60. The highest BCUT2D eigenvalue weighted by Crippen LogP contribution is 2.63. The maximum absolute atomic E-state index is 14.3. The zero-order valence-corrected chi connectivity index (χ0v) is 20.3. The molecule has 2 aromatic rings. The first-order chi connectivity index (χ1) is 17.4. The Hall–Kier alpha value is -3.68. The minimum Gasteiger partial charge on any atom is -0.497 e. The van der Waals surface area contributed by atoms with Crippen molar-refractivity contribution < 1.29 is 28.6 Å². The summed E-state index contributed by atoms with van der Waals surface area (Å²) in [5.41, 5.74) is 0.366. The van der Waals surface area contributed by atoms with Gasteiger partial charge in [-0.3, -0.25) is 19.4 Å². The van der Waals surface area contributed by atoms with Gasteiger partial charge in [0.2, 0.25) is 5.41 Å². The number of hydrazone groups is 1. The van der Waals surface area contributed by atoms with E-state index in [4.69, 9.17) is 14.2 Å². The van der Waals surface area contributed by atoms with E-state index < -0.39 is 41.1 Å². The Labute approximate surface area is 209 Å². The number of carbonyl (C=O) groups is 3. The topological polar surface area (TPSA) is 94.5 Å². The average Bonchev–Trinajstić information content (AvgIpc) is 3.21. The second kappa shape index (κ2) is 8.18. The van der Waals surface area contributed by atoms with Gasteiger partial charge in [-0.15, -0.1) is 0 Å². The van der Waals surface area contributed by atoms with E-state index in [1.807, 2.05) is 24.3 Å². The summed E-state index contributed by atoms with van der Waals surface area (Å²) in [6.07, 6.45) is 5.26. The van der Waals surface area contributed by atoms with Crippen molar-refractivity contribution >= 4 is 23.9 Å². The number of Topliss-reactive ketones (excluding diaryl/α,β-unsaturated/α-hetero) is 1. The monoisotopic (exact) mass is 488 g/mol. The summed E-state index contributed by atoms with van der Waals surface area (Å²) >= 11 is 0. The zero-order valence-electron chi connectivity index (χ0n) is 20.3. The molecule has 36 heavy (non-hydrogen) atoms. The standard InChI is InChI=1S/C28H28N2O6/c1-17(31)23-22(18-10-12-20(34-2)13-11-18)28(24-21-9-5-4-8-19(21)16-29-30(23)24)25(32)35-27(36-26(28)33)14-6-3-7-15-27/h4-5,8-13,16,22-24H,3,6-7,14-15H2,1-2H3/t22-,23-,24+/m0/s1. The number of methoxy groups -OCH3 is 1. The van der Waals surface area contributed by atoms with Crippen LogP contribution in [0.5, 0.6) is 5.75 Å². The summed E-state index contributed by atoms with van der Waals surface area (Å²) in [7, 11) is 1.57. The number of hydrogen-bond donors (Lipinski definition) is 0. The van der Waals surface area contributed by atoms with Gasteiger partial charge >= 0.3 is 11.9 Å². The van der Waals surface area contributed by atoms with Crippen LogP contribution in [0.2, 0.25) is 0 Å². The van der Waals surface area contributed by atoms with Gasteiger partial charge in [0.25, 0.3) is 5.79 Å². The van der Waals surface area contributed by atoms with Crippen LogP contribution in [0.1, 0.15) is 67.7 Å². The molecule has 3 atom stereocenters.